The first-order valence-corrected chi connectivity index (χ1v) is 9.38. The molecule has 4 atom stereocenters. The van der Waals surface area contributed by atoms with Gasteiger partial charge < -0.3 is 15.3 Å². The van der Waals surface area contributed by atoms with Crippen molar-refractivity contribution in [2.24, 2.45) is 11.8 Å². The van der Waals surface area contributed by atoms with Crippen LogP contribution in [0, 0.1) is 11.8 Å². The monoisotopic (exact) mass is 353 g/mol. The Morgan fingerprint density at radius 3 is 2.88 bits per heavy atom. The first-order chi connectivity index (χ1) is 12.0. The highest BCUT2D eigenvalue weighted by molar-refractivity contribution is 5.66. The van der Waals surface area contributed by atoms with Crippen LogP contribution < -0.4 is 5.48 Å². The first kappa shape index (κ1) is 19.9. The summed E-state index contributed by atoms with van der Waals surface area (Å²) in [6.07, 6.45) is 9.65. The van der Waals surface area contributed by atoms with Crippen molar-refractivity contribution >= 4 is 5.97 Å². The SMILES string of the molecule is CCCCCCC(O)C=CC1C(O)CC2=C(NOCCC(=O)O)C[C@H]21. The van der Waals surface area contributed by atoms with Crippen LogP contribution in [0.25, 0.3) is 0 Å². The summed E-state index contributed by atoms with van der Waals surface area (Å²) in [5, 5.41) is 28.9. The van der Waals surface area contributed by atoms with Crippen molar-refractivity contribution in [1.82, 2.24) is 5.48 Å². The molecule has 6 heteroatoms. The molecule has 0 aliphatic heterocycles. The molecule has 0 aromatic rings. The van der Waals surface area contributed by atoms with Crippen LogP contribution in [0.15, 0.2) is 23.4 Å². The Morgan fingerprint density at radius 2 is 2.16 bits per heavy atom. The number of fused-ring (bicyclic) bond motifs is 1. The van der Waals surface area contributed by atoms with Crippen LogP contribution in [0.1, 0.15) is 58.3 Å². The summed E-state index contributed by atoms with van der Waals surface area (Å²) in [5.41, 5.74) is 4.95. The maximum atomic E-state index is 10.4. The predicted octanol–water partition coefficient (Wildman–Crippen LogP) is 2.52. The quantitative estimate of drug-likeness (QED) is 0.244. The fourth-order valence-corrected chi connectivity index (χ4v) is 3.62. The van der Waals surface area contributed by atoms with Gasteiger partial charge in [-0.2, -0.15) is 0 Å². The lowest BCUT2D eigenvalue weighted by Gasteiger charge is -2.31. The van der Waals surface area contributed by atoms with Crippen LogP contribution in [0.2, 0.25) is 0 Å². The summed E-state index contributed by atoms with van der Waals surface area (Å²) in [5.74, 6) is -0.547. The summed E-state index contributed by atoms with van der Waals surface area (Å²) in [7, 11) is 0. The molecular formula is C19H31NO5. The van der Waals surface area contributed by atoms with E-state index in [4.69, 9.17) is 9.94 Å². The zero-order chi connectivity index (χ0) is 18.2. The van der Waals surface area contributed by atoms with Crippen molar-refractivity contribution in [3.8, 4) is 0 Å². The van der Waals surface area contributed by atoms with Gasteiger partial charge in [0.15, 0.2) is 0 Å². The van der Waals surface area contributed by atoms with E-state index in [-0.39, 0.29) is 18.9 Å². The fraction of sp³-hybridized carbons (Fsp3) is 0.737. The molecule has 2 rings (SSSR count). The van der Waals surface area contributed by atoms with Gasteiger partial charge in [0.1, 0.15) is 0 Å². The van der Waals surface area contributed by atoms with Gasteiger partial charge in [-0.05, 0) is 30.8 Å². The van der Waals surface area contributed by atoms with Gasteiger partial charge >= 0.3 is 5.97 Å². The first-order valence-electron chi connectivity index (χ1n) is 9.38. The molecule has 2 aliphatic carbocycles. The Hall–Kier alpha value is -1.37. The second kappa shape index (κ2) is 9.94. The Kier molecular flexibility index (Phi) is 7.93. The van der Waals surface area contributed by atoms with Gasteiger partial charge in [0.25, 0.3) is 0 Å². The molecule has 1 saturated carbocycles. The summed E-state index contributed by atoms with van der Waals surface area (Å²) in [6, 6.07) is 0. The third-order valence-corrected chi connectivity index (χ3v) is 5.12. The largest absolute Gasteiger partial charge is 0.481 e. The average molecular weight is 353 g/mol. The lowest BCUT2D eigenvalue weighted by molar-refractivity contribution is -0.138. The maximum Gasteiger partial charge on any atom is 0.305 e. The molecule has 4 N–H and O–H groups in total. The van der Waals surface area contributed by atoms with Crippen LogP contribution in [-0.2, 0) is 9.63 Å². The van der Waals surface area contributed by atoms with E-state index in [1.165, 1.54) is 12.8 Å². The third kappa shape index (κ3) is 5.83. The minimum Gasteiger partial charge on any atom is -0.481 e. The van der Waals surface area contributed by atoms with Gasteiger partial charge in [0.05, 0.1) is 25.2 Å². The molecule has 3 unspecified atom stereocenters. The number of aliphatic carboxylic acids is 1. The molecule has 25 heavy (non-hydrogen) atoms. The molecular weight excluding hydrogens is 322 g/mol. The number of rotatable bonds is 12. The zero-order valence-corrected chi connectivity index (χ0v) is 15.0. The molecule has 6 nitrogen and oxygen atoms in total. The molecule has 0 amide bonds. The Bertz CT molecular complexity index is 502. The molecule has 1 fully saturated rings. The molecule has 0 aromatic carbocycles. The van der Waals surface area contributed by atoms with Crippen LogP contribution in [0.5, 0.6) is 0 Å². The maximum absolute atomic E-state index is 10.4. The van der Waals surface area contributed by atoms with Crippen molar-refractivity contribution in [3.05, 3.63) is 23.4 Å². The van der Waals surface area contributed by atoms with Crippen LogP contribution >= 0.6 is 0 Å². The highest BCUT2D eigenvalue weighted by Gasteiger charge is 2.44. The molecule has 0 heterocycles. The number of hydroxylamine groups is 1. The van der Waals surface area contributed by atoms with Gasteiger partial charge in [0.2, 0.25) is 0 Å². The average Bonchev–Trinajstić information content (AvgIpc) is 2.80. The molecule has 0 aromatic heterocycles. The smallest absolute Gasteiger partial charge is 0.305 e. The molecule has 0 radical (unpaired) electrons. The van der Waals surface area contributed by atoms with E-state index >= 15 is 0 Å². The van der Waals surface area contributed by atoms with Crippen LogP contribution in [0.3, 0.4) is 0 Å². The topological polar surface area (TPSA) is 99.0 Å². The number of unbranched alkanes of at least 4 members (excludes halogenated alkanes) is 3. The highest BCUT2D eigenvalue weighted by Crippen LogP contribution is 2.49. The Labute approximate surface area is 149 Å². The predicted molar refractivity (Wildman–Crippen MR) is 94.5 cm³/mol. The second-order valence-corrected chi connectivity index (χ2v) is 7.06. The van der Waals surface area contributed by atoms with Gasteiger partial charge in [-0.3, -0.25) is 15.1 Å². The van der Waals surface area contributed by atoms with E-state index in [1.54, 1.807) is 0 Å². The van der Waals surface area contributed by atoms with Gasteiger partial charge in [-0.1, -0.05) is 44.8 Å². The van der Waals surface area contributed by atoms with E-state index in [0.29, 0.717) is 12.3 Å². The van der Waals surface area contributed by atoms with E-state index in [9.17, 15) is 15.0 Å². The highest BCUT2D eigenvalue weighted by atomic mass is 16.6. The zero-order valence-electron chi connectivity index (χ0n) is 15.0. The molecule has 142 valence electrons. The van der Waals surface area contributed by atoms with Crippen molar-refractivity contribution in [2.45, 2.75) is 70.5 Å². The number of hydrogen-bond donors (Lipinski definition) is 4. The van der Waals surface area contributed by atoms with Crippen LogP contribution in [0.4, 0.5) is 0 Å². The number of carbonyl (C=O) groups is 1. The van der Waals surface area contributed by atoms with Gasteiger partial charge in [-0.25, -0.2) is 0 Å². The number of allylic oxidation sites excluding steroid dienone is 1. The van der Waals surface area contributed by atoms with Crippen LogP contribution in [-0.4, -0.2) is 40.1 Å². The third-order valence-electron chi connectivity index (χ3n) is 5.12. The van der Waals surface area contributed by atoms with Crippen molar-refractivity contribution in [3.63, 3.8) is 0 Å². The number of aliphatic hydroxyl groups is 2. The van der Waals surface area contributed by atoms with Gasteiger partial charge in [0, 0.05) is 11.6 Å². The fourth-order valence-electron chi connectivity index (χ4n) is 3.62. The van der Waals surface area contributed by atoms with Crippen molar-refractivity contribution in [1.29, 1.82) is 0 Å². The summed E-state index contributed by atoms with van der Waals surface area (Å²) in [6.45, 7) is 2.29. The normalized spacial score (nSPS) is 26.6. The van der Waals surface area contributed by atoms with Crippen molar-refractivity contribution < 1.29 is 25.0 Å². The number of hydrogen-bond acceptors (Lipinski definition) is 5. The van der Waals surface area contributed by atoms with Gasteiger partial charge in [-0.15, -0.1) is 0 Å². The minimum absolute atomic E-state index is 0.0385. The summed E-state index contributed by atoms with van der Waals surface area (Å²) < 4.78 is 0. The van der Waals surface area contributed by atoms with E-state index < -0.39 is 18.2 Å². The Morgan fingerprint density at radius 1 is 1.36 bits per heavy atom. The molecule has 2 aliphatic rings. The van der Waals surface area contributed by atoms with Crippen molar-refractivity contribution in [2.75, 3.05) is 6.61 Å². The van der Waals surface area contributed by atoms with E-state index in [0.717, 1.165) is 37.0 Å². The van der Waals surface area contributed by atoms with E-state index in [2.05, 4.69) is 12.4 Å². The Balaban J connectivity index is 1.75. The molecule has 0 saturated heterocycles. The molecule has 0 spiro atoms. The number of aliphatic hydroxyl groups excluding tert-OH is 2. The lowest BCUT2D eigenvalue weighted by atomic mass is 9.79. The number of carboxylic acids is 1. The standard InChI is InChI=1S/C19H31NO5/c1-2-3-4-5-6-13(21)7-8-14-15-11-17(16(15)12-18(14)22)20-25-10-9-19(23)24/h7-8,13-15,18,20-22H,2-6,9-12H2,1H3,(H,23,24)/t13?,14?,15-,18?/m0/s1. The summed E-state index contributed by atoms with van der Waals surface area (Å²) in [4.78, 5) is 15.6. The van der Waals surface area contributed by atoms with E-state index in [1.807, 2.05) is 12.2 Å². The summed E-state index contributed by atoms with van der Waals surface area (Å²) >= 11 is 0. The minimum atomic E-state index is -0.888. The second-order valence-electron chi connectivity index (χ2n) is 7.06. The lowest BCUT2D eigenvalue weighted by Crippen LogP contribution is -2.30. The number of carboxylic acid groups (broad SMARTS) is 1. The molecule has 0 bridgehead atoms. The number of nitrogens with one attached hydrogen (secondary N) is 1.